The molecule has 0 saturated carbocycles. The van der Waals surface area contributed by atoms with Crippen LogP contribution in [0.25, 0.3) is 32.4 Å². The van der Waals surface area contributed by atoms with Gasteiger partial charge in [0.15, 0.2) is 0 Å². The van der Waals surface area contributed by atoms with Gasteiger partial charge in [0.25, 0.3) is 5.56 Å². The number of pyridine rings is 1. The highest BCUT2D eigenvalue weighted by atomic mass is 19.1. The second-order valence-electron chi connectivity index (χ2n) is 8.42. The normalized spacial score (nSPS) is 11.7. The second kappa shape index (κ2) is 9.47. The maximum atomic E-state index is 14.3. The molecule has 0 fully saturated rings. The zero-order valence-electron chi connectivity index (χ0n) is 20.0. The Kier molecular flexibility index (Phi) is 6.03. The molecule has 0 saturated heterocycles. The molecule has 0 bridgehead atoms. The van der Waals surface area contributed by atoms with Crippen LogP contribution in [-0.2, 0) is 0 Å². The Bertz CT molecular complexity index is 1740. The summed E-state index contributed by atoms with van der Waals surface area (Å²) in [6.07, 6.45) is 4.68. The van der Waals surface area contributed by atoms with Crippen LogP contribution in [-0.4, -0.2) is 24.5 Å². The van der Waals surface area contributed by atoms with Crippen molar-refractivity contribution in [3.05, 3.63) is 106 Å². The molecule has 3 heterocycles. The van der Waals surface area contributed by atoms with Crippen molar-refractivity contribution in [1.82, 2.24) is 24.5 Å². The number of anilines is 2. The molecule has 9 nitrogen and oxygen atoms in total. The number of nitrogens with one attached hydrogen (secondary N) is 1. The number of aryl methyl sites for hydroxylation is 1. The first-order chi connectivity index (χ1) is 17.9. The van der Waals surface area contributed by atoms with Gasteiger partial charge in [-0.15, -0.1) is 0 Å². The fraction of sp³-hybridized carbons (Fsp3) is 0.111. The van der Waals surface area contributed by atoms with Crippen molar-refractivity contribution in [1.29, 1.82) is 0 Å². The van der Waals surface area contributed by atoms with Crippen molar-refractivity contribution in [2.24, 2.45) is 0 Å². The number of halogens is 1. The van der Waals surface area contributed by atoms with Crippen LogP contribution < -0.4 is 16.6 Å². The molecule has 3 aromatic heterocycles. The molecule has 0 amide bonds. The zero-order valence-corrected chi connectivity index (χ0v) is 20.0. The molecule has 1 atom stereocenters. The third kappa shape index (κ3) is 4.46. The van der Waals surface area contributed by atoms with Gasteiger partial charge >= 0.3 is 0 Å². The summed E-state index contributed by atoms with van der Waals surface area (Å²) in [6.45, 7) is 11.0. The van der Waals surface area contributed by atoms with Crippen LogP contribution >= 0.6 is 0 Å². The fourth-order valence-corrected chi connectivity index (χ4v) is 4.21. The summed E-state index contributed by atoms with van der Waals surface area (Å²) in [5.74, 6) is 0.384. The van der Waals surface area contributed by atoms with Gasteiger partial charge in [0, 0.05) is 29.8 Å². The van der Waals surface area contributed by atoms with Gasteiger partial charge in [0.05, 0.1) is 23.7 Å². The van der Waals surface area contributed by atoms with Crippen LogP contribution in [0.1, 0.15) is 24.5 Å². The standard InChI is InChI=1S/C27H21FN8O/c1-15(34-25-22(30-3)14-33-27(29)35-25)23-10-17-6-4-9-21(18-12-31-16(2)32-13-18)24(17)26(37)36(23)20-8-5-7-19(28)11-20/h4-15H,1-2H3,(H3,29,33,34,35)/t15-/m0/s1. The summed E-state index contributed by atoms with van der Waals surface area (Å²) in [7, 11) is 0. The molecule has 5 aromatic rings. The van der Waals surface area contributed by atoms with E-state index in [0.29, 0.717) is 39.1 Å². The van der Waals surface area contributed by atoms with Crippen molar-refractivity contribution >= 4 is 28.2 Å². The molecule has 182 valence electrons. The summed E-state index contributed by atoms with van der Waals surface area (Å²) in [5.41, 5.74) is 7.84. The molecule has 37 heavy (non-hydrogen) atoms. The molecule has 0 aliphatic carbocycles. The van der Waals surface area contributed by atoms with Crippen molar-refractivity contribution in [2.45, 2.75) is 19.9 Å². The fourth-order valence-electron chi connectivity index (χ4n) is 4.21. The van der Waals surface area contributed by atoms with Gasteiger partial charge in [0.1, 0.15) is 17.5 Å². The summed E-state index contributed by atoms with van der Waals surface area (Å²) in [5, 5.41) is 4.30. The number of hydrogen-bond acceptors (Lipinski definition) is 7. The van der Waals surface area contributed by atoms with E-state index < -0.39 is 11.9 Å². The lowest BCUT2D eigenvalue weighted by molar-refractivity contribution is 0.625. The molecule has 10 heteroatoms. The molecule has 0 radical (unpaired) electrons. The quantitative estimate of drug-likeness (QED) is 0.332. The first-order valence-corrected chi connectivity index (χ1v) is 11.4. The molecule has 0 aliphatic rings. The van der Waals surface area contributed by atoms with Crippen LogP contribution in [0, 0.1) is 19.3 Å². The van der Waals surface area contributed by atoms with E-state index in [1.165, 1.54) is 22.9 Å². The van der Waals surface area contributed by atoms with E-state index in [0.717, 1.165) is 0 Å². The Hall–Kier alpha value is -5.17. The Balaban J connectivity index is 1.76. The predicted octanol–water partition coefficient (Wildman–Crippen LogP) is 4.99. The summed E-state index contributed by atoms with van der Waals surface area (Å²) in [6, 6.07) is 12.7. The van der Waals surface area contributed by atoms with Crippen LogP contribution in [0.15, 0.2) is 71.9 Å². The van der Waals surface area contributed by atoms with E-state index >= 15 is 0 Å². The van der Waals surface area contributed by atoms with Crippen LogP contribution in [0.3, 0.4) is 0 Å². The van der Waals surface area contributed by atoms with E-state index in [1.54, 1.807) is 31.5 Å². The predicted molar refractivity (Wildman–Crippen MR) is 140 cm³/mol. The molecular formula is C27H21FN8O. The van der Waals surface area contributed by atoms with Gasteiger partial charge < -0.3 is 11.1 Å². The molecule has 0 aliphatic heterocycles. The van der Waals surface area contributed by atoms with E-state index in [4.69, 9.17) is 12.3 Å². The number of fused-ring (bicyclic) bond motifs is 1. The highest BCUT2D eigenvalue weighted by Gasteiger charge is 2.20. The van der Waals surface area contributed by atoms with E-state index in [2.05, 4.69) is 30.1 Å². The van der Waals surface area contributed by atoms with Crippen molar-refractivity contribution < 1.29 is 4.39 Å². The average Bonchev–Trinajstić information content (AvgIpc) is 2.89. The van der Waals surface area contributed by atoms with Crippen molar-refractivity contribution in [2.75, 3.05) is 11.1 Å². The highest BCUT2D eigenvalue weighted by Crippen LogP contribution is 2.31. The third-order valence-corrected chi connectivity index (χ3v) is 5.94. The summed E-state index contributed by atoms with van der Waals surface area (Å²) < 4.78 is 15.8. The van der Waals surface area contributed by atoms with Crippen LogP contribution in [0.5, 0.6) is 0 Å². The first kappa shape index (κ1) is 23.6. The van der Waals surface area contributed by atoms with Gasteiger partial charge in [-0.1, -0.05) is 24.3 Å². The number of rotatable bonds is 5. The molecule has 0 spiro atoms. The Morgan fingerprint density at radius 2 is 1.84 bits per heavy atom. The number of nitrogens with zero attached hydrogens (tertiary/aromatic N) is 6. The van der Waals surface area contributed by atoms with Gasteiger partial charge in [-0.2, -0.15) is 0 Å². The van der Waals surface area contributed by atoms with E-state index in [-0.39, 0.29) is 23.0 Å². The minimum Gasteiger partial charge on any atom is -0.371 e. The largest absolute Gasteiger partial charge is 0.371 e. The maximum absolute atomic E-state index is 14.3. The smallest absolute Gasteiger partial charge is 0.263 e. The lowest BCUT2D eigenvalue weighted by Crippen LogP contribution is -2.26. The highest BCUT2D eigenvalue weighted by molar-refractivity contribution is 5.96. The SMILES string of the molecule is [C-]#[N+]c1cnc(N)nc1N[C@@H](C)c1cc2cccc(-c3cnc(C)nc3)c2c(=O)n1-c1cccc(F)c1. The molecule has 3 N–H and O–H groups in total. The topological polar surface area (TPSA) is 116 Å². The Labute approximate surface area is 211 Å². The van der Waals surface area contributed by atoms with Crippen LogP contribution in [0.2, 0.25) is 0 Å². The summed E-state index contributed by atoms with van der Waals surface area (Å²) >= 11 is 0. The Morgan fingerprint density at radius 3 is 2.57 bits per heavy atom. The molecule has 2 aromatic carbocycles. The second-order valence-corrected chi connectivity index (χ2v) is 8.42. The van der Waals surface area contributed by atoms with Crippen molar-refractivity contribution in [3.63, 3.8) is 0 Å². The van der Waals surface area contributed by atoms with E-state index in [9.17, 15) is 9.18 Å². The minimum absolute atomic E-state index is 0.00749. The lowest BCUT2D eigenvalue weighted by atomic mass is 9.99. The Morgan fingerprint density at radius 1 is 1.08 bits per heavy atom. The zero-order chi connectivity index (χ0) is 26.1. The van der Waals surface area contributed by atoms with Crippen LogP contribution in [0.4, 0.5) is 21.8 Å². The van der Waals surface area contributed by atoms with Gasteiger partial charge in [-0.3, -0.25) is 9.36 Å². The van der Waals surface area contributed by atoms with Gasteiger partial charge in [-0.25, -0.2) is 29.2 Å². The monoisotopic (exact) mass is 492 g/mol. The van der Waals surface area contributed by atoms with Crippen molar-refractivity contribution in [3.8, 4) is 16.8 Å². The molecule has 5 rings (SSSR count). The summed E-state index contributed by atoms with van der Waals surface area (Å²) in [4.78, 5) is 34.2. The number of nitrogen functional groups attached to an aromatic ring is 1. The lowest BCUT2D eigenvalue weighted by Gasteiger charge is -2.22. The third-order valence-electron chi connectivity index (χ3n) is 5.94. The van der Waals surface area contributed by atoms with Gasteiger partial charge in [0.2, 0.25) is 11.6 Å². The molecule has 0 unspecified atom stereocenters. The average molecular weight is 493 g/mol. The van der Waals surface area contributed by atoms with E-state index in [1.807, 2.05) is 31.2 Å². The number of nitrogens with two attached hydrogens (primary N) is 1. The molecular weight excluding hydrogens is 471 g/mol. The first-order valence-electron chi connectivity index (χ1n) is 11.4. The number of benzene rings is 2. The number of hydrogen-bond donors (Lipinski definition) is 2. The number of aromatic nitrogens is 5. The maximum Gasteiger partial charge on any atom is 0.263 e. The van der Waals surface area contributed by atoms with Gasteiger partial charge in [-0.05, 0) is 49.1 Å². The minimum atomic E-state index is -0.526.